The van der Waals surface area contributed by atoms with Crippen molar-refractivity contribution in [2.75, 3.05) is 46.4 Å². The SMILES string of the molecule is O=C(Nc1cccc(N2CCS(=O)(=O)CC2)c1)C1CSCN1. The standard InChI is InChI=1S/C14H19N3O3S2/c18-14(13-9-21-10-15-13)16-11-2-1-3-12(8-11)17-4-6-22(19,20)7-5-17/h1-3,8,13,15H,4-7,9-10H2,(H,16,18). The highest BCUT2D eigenvalue weighted by Crippen LogP contribution is 2.22. The van der Waals surface area contributed by atoms with E-state index in [2.05, 4.69) is 10.6 Å². The van der Waals surface area contributed by atoms with E-state index in [1.54, 1.807) is 11.8 Å². The summed E-state index contributed by atoms with van der Waals surface area (Å²) in [6.45, 7) is 1.00. The maximum Gasteiger partial charge on any atom is 0.242 e. The quantitative estimate of drug-likeness (QED) is 0.835. The predicted molar refractivity (Wildman–Crippen MR) is 90.2 cm³/mol. The Morgan fingerprint density at radius 1 is 1.32 bits per heavy atom. The molecule has 0 radical (unpaired) electrons. The summed E-state index contributed by atoms with van der Waals surface area (Å²) < 4.78 is 23.0. The van der Waals surface area contributed by atoms with Gasteiger partial charge in [0.15, 0.2) is 9.84 Å². The van der Waals surface area contributed by atoms with Crippen molar-refractivity contribution in [1.82, 2.24) is 5.32 Å². The number of sulfone groups is 1. The zero-order valence-corrected chi connectivity index (χ0v) is 13.8. The normalized spacial score (nSPS) is 24.2. The van der Waals surface area contributed by atoms with Crippen LogP contribution >= 0.6 is 11.8 Å². The summed E-state index contributed by atoms with van der Waals surface area (Å²) >= 11 is 1.71. The second kappa shape index (κ2) is 6.47. The zero-order chi connectivity index (χ0) is 15.6. The minimum atomic E-state index is -2.89. The molecule has 2 saturated heterocycles. The van der Waals surface area contributed by atoms with Crippen molar-refractivity contribution < 1.29 is 13.2 Å². The Morgan fingerprint density at radius 3 is 2.77 bits per heavy atom. The van der Waals surface area contributed by atoms with Crippen LogP contribution in [0.5, 0.6) is 0 Å². The third-order valence-corrected chi connectivity index (χ3v) is 6.41. The molecule has 2 aliphatic heterocycles. The second-order valence-electron chi connectivity index (χ2n) is 5.45. The molecule has 1 aromatic rings. The lowest BCUT2D eigenvalue weighted by atomic mass is 10.2. The fraction of sp³-hybridized carbons (Fsp3) is 0.500. The molecular weight excluding hydrogens is 322 g/mol. The fourth-order valence-electron chi connectivity index (χ4n) is 2.54. The molecule has 2 heterocycles. The van der Waals surface area contributed by atoms with Gasteiger partial charge in [0.25, 0.3) is 0 Å². The van der Waals surface area contributed by atoms with Crippen LogP contribution in [-0.4, -0.2) is 56.6 Å². The molecule has 8 heteroatoms. The monoisotopic (exact) mass is 341 g/mol. The number of nitrogens with zero attached hydrogens (tertiary/aromatic N) is 1. The minimum Gasteiger partial charge on any atom is -0.369 e. The number of benzene rings is 1. The van der Waals surface area contributed by atoms with E-state index < -0.39 is 9.84 Å². The summed E-state index contributed by atoms with van der Waals surface area (Å²) in [4.78, 5) is 14.1. The zero-order valence-electron chi connectivity index (χ0n) is 12.1. The lowest BCUT2D eigenvalue weighted by Crippen LogP contribution is -2.40. The van der Waals surface area contributed by atoms with Crippen LogP contribution in [0.25, 0.3) is 0 Å². The number of nitrogens with one attached hydrogen (secondary N) is 2. The third kappa shape index (κ3) is 3.74. The molecule has 1 amide bonds. The lowest BCUT2D eigenvalue weighted by Gasteiger charge is -2.29. The summed E-state index contributed by atoms with van der Waals surface area (Å²) in [5.41, 5.74) is 1.69. The molecule has 3 rings (SSSR count). The molecule has 0 bridgehead atoms. The lowest BCUT2D eigenvalue weighted by molar-refractivity contribution is -0.117. The molecule has 2 aliphatic rings. The Morgan fingerprint density at radius 2 is 2.09 bits per heavy atom. The van der Waals surface area contributed by atoms with E-state index in [1.807, 2.05) is 29.2 Å². The Hall–Kier alpha value is -1.25. The van der Waals surface area contributed by atoms with Crippen LogP contribution in [0.2, 0.25) is 0 Å². The number of anilines is 2. The molecule has 1 atom stereocenters. The van der Waals surface area contributed by atoms with E-state index >= 15 is 0 Å². The second-order valence-corrected chi connectivity index (χ2v) is 8.78. The van der Waals surface area contributed by atoms with E-state index in [0.29, 0.717) is 13.1 Å². The number of rotatable bonds is 3. The van der Waals surface area contributed by atoms with Gasteiger partial charge in [0.05, 0.1) is 17.5 Å². The fourth-order valence-corrected chi connectivity index (χ4v) is 4.69. The summed E-state index contributed by atoms with van der Waals surface area (Å²) in [5, 5.41) is 6.06. The summed E-state index contributed by atoms with van der Waals surface area (Å²) in [6, 6.07) is 7.43. The van der Waals surface area contributed by atoms with Crippen molar-refractivity contribution in [3.8, 4) is 0 Å². The van der Waals surface area contributed by atoms with Crippen molar-refractivity contribution >= 4 is 38.9 Å². The van der Waals surface area contributed by atoms with Crippen LogP contribution in [0.3, 0.4) is 0 Å². The third-order valence-electron chi connectivity index (χ3n) is 3.86. The number of hydrogen-bond donors (Lipinski definition) is 2. The molecule has 120 valence electrons. The van der Waals surface area contributed by atoms with Crippen molar-refractivity contribution in [1.29, 1.82) is 0 Å². The number of amides is 1. The van der Waals surface area contributed by atoms with Crippen LogP contribution in [0.15, 0.2) is 24.3 Å². The van der Waals surface area contributed by atoms with E-state index in [0.717, 1.165) is 23.0 Å². The highest BCUT2D eigenvalue weighted by Gasteiger charge is 2.24. The largest absolute Gasteiger partial charge is 0.369 e. The topological polar surface area (TPSA) is 78.5 Å². The van der Waals surface area contributed by atoms with Gasteiger partial charge in [0, 0.05) is 36.1 Å². The Bertz CT molecular complexity index is 643. The Balaban J connectivity index is 1.66. The van der Waals surface area contributed by atoms with Crippen molar-refractivity contribution in [3.05, 3.63) is 24.3 Å². The molecule has 0 aromatic heterocycles. The molecule has 0 spiro atoms. The summed E-state index contributed by atoms with van der Waals surface area (Å²) in [7, 11) is -2.89. The van der Waals surface area contributed by atoms with E-state index in [9.17, 15) is 13.2 Å². The summed E-state index contributed by atoms with van der Waals surface area (Å²) in [6.07, 6.45) is 0. The van der Waals surface area contributed by atoms with Crippen molar-refractivity contribution in [2.45, 2.75) is 6.04 Å². The van der Waals surface area contributed by atoms with Gasteiger partial charge in [0.2, 0.25) is 5.91 Å². The van der Waals surface area contributed by atoms with Gasteiger partial charge in [-0.05, 0) is 18.2 Å². The Kier molecular flexibility index (Phi) is 4.60. The summed E-state index contributed by atoms with van der Waals surface area (Å²) in [5.74, 6) is 1.94. The molecule has 2 N–H and O–H groups in total. The first-order valence-corrected chi connectivity index (χ1v) is 10.2. The van der Waals surface area contributed by atoms with Gasteiger partial charge in [-0.2, -0.15) is 0 Å². The van der Waals surface area contributed by atoms with Gasteiger partial charge in [0.1, 0.15) is 0 Å². The smallest absolute Gasteiger partial charge is 0.242 e. The van der Waals surface area contributed by atoms with Crippen LogP contribution in [0.4, 0.5) is 11.4 Å². The van der Waals surface area contributed by atoms with Gasteiger partial charge in [-0.25, -0.2) is 8.42 Å². The van der Waals surface area contributed by atoms with E-state index in [-0.39, 0.29) is 23.5 Å². The molecule has 0 aliphatic carbocycles. The first kappa shape index (κ1) is 15.6. The predicted octanol–water partition coefficient (Wildman–Crippen LogP) is 0.522. The Labute approximate surface area is 134 Å². The van der Waals surface area contributed by atoms with Gasteiger partial charge in [-0.1, -0.05) is 6.07 Å². The number of hydrogen-bond acceptors (Lipinski definition) is 6. The first-order chi connectivity index (χ1) is 10.5. The van der Waals surface area contributed by atoms with E-state index in [1.165, 1.54) is 0 Å². The average molecular weight is 341 g/mol. The van der Waals surface area contributed by atoms with Crippen molar-refractivity contribution in [2.24, 2.45) is 0 Å². The van der Waals surface area contributed by atoms with Crippen LogP contribution in [0, 0.1) is 0 Å². The van der Waals surface area contributed by atoms with Crippen LogP contribution in [-0.2, 0) is 14.6 Å². The van der Waals surface area contributed by atoms with Crippen molar-refractivity contribution in [3.63, 3.8) is 0 Å². The minimum absolute atomic E-state index is 0.0247. The number of thioether (sulfide) groups is 1. The highest BCUT2D eigenvalue weighted by molar-refractivity contribution is 7.99. The number of carbonyl (C=O) groups is 1. The molecule has 1 unspecified atom stereocenters. The maximum absolute atomic E-state index is 12.1. The van der Waals surface area contributed by atoms with E-state index in [4.69, 9.17) is 0 Å². The maximum atomic E-state index is 12.1. The molecule has 1 aromatic carbocycles. The molecule has 22 heavy (non-hydrogen) atoms. The van der Waals surface area contributed by atoms with Gasteiger partial charge in [-0.3, -0.25) is 10.1 Å². The first-order valence-electron chi connectivity index (χ1n) is 7.21. The van der Waals surface area contributed by atoms with Gasteiger partial charge < -0.3 is 10.2 Å². The van der Waals surface area contributed by atoms with Crippen LogP contribution in [0.1, 0.15) is 0 Å². The highest BCUT2D eigenvalue weighted by atomic mass is 32.2. The van der Waals surface area contributed by atoms with Crippen LogP contribution < -0.4 is 15.5 Å². The van der Waals surface area contributed by atoms with Gasteiger partial charge >= 0.3 is 0 Å². The molecule has 2 fully saturated rings. The average Bonchev–Trinajstić information content (AvgIpc) is 3.02. The molecule has 6 nitrogen and oxygen atoms in total. The molecular formula is C14H19N3O3S2. The molecule has 0 saturated carbocycles. The number of carbonyl (C=O) groups excluding carboxylic acids is 1. The van der Waals surface area contributed by atoms with Gasteiger partial charge in [-0.15, -0.1) is 11.8 Å².